The van der Waals surface area contributed by atoms with Crippen LogP contribution in [0.1, 0.15) is 37.3 Å². The minimum atomic E-state index is 0.227. The normalized spacial score (nSPS) is 19.3. The summed E-state index contributed by atoms with van der Waals surface area (Å²) in [4.78, 5) is 21.2. The quantitative estimate of drug-likeness (QED) is 0.457. The third-order valence-corrected chi connectivity index (χ3v) is 6.57. The van der Waals surface area contributed by atoms with Crippen molar-refractivity contribution in [3.63, 3.8) is 0 Å². The number of nitrogens with one attached hydrogen (secondary N) is 2. The minimum Gasteiger partial charge on any atom is -0.357 e. The van der Waals surface area contributed by atoms with Crippen molar-refractivity contribution < 1.29 is 4.79 Å². The van der Waals surface area contributed by atoms with Gasteiger partial charge in [0.05, 0.1) is 6.54 Å². The van der Waals surface area contributed by atoms with E-state index in [2.05, 4.69) is 64.9 Å². The monoisotopic (exact) mass is 447 g/mol. The van der Waals surface area contributed by atoms with E-state index in [0.717, 1.165) is 62.8 Å². The first-order valence-corrected chi connectivity index (χ1v) is 12.4. The molecule has 2 fully saturated rings. The molecule has 6 nitrogen and oxygen atoms in total. The zero-order chi connectivity index (χ0) is 22.9. The Bertz CT molecular complexity index is 912. The maximum absolute atomic E-state index is 11.9. The number of amides is 1. The highest BCUT2D eigenvalue weighted by Crippen LogP contribution is 2.22. The molecule has 2 aromatic rings. The van der Waals surface area contributed by atoms with Crippen LogP contribution in [-0.4, -0.2) is 56.0 Å². The van der Waals surface area contributed by atoms with E-state index in [9.17, 15) is 4.79 Å². The number of carbonyl (C=O) groups excluding carboxylic acids is 1. The molecule has 2 saturated heterocycles. The number of hydrogen-bond donors (Lipinski definition) is 2. The summed E-state index contributed by atoms with van der Waals surface area (Å²) in [5.41, 5.74) is 3.56. The van der Waals surface area contributed by atoms with Crippen molar-refractivity contribution >= 4 is 17.6 Å². The minimum absolute atomic E-state index is 0.227. The second-order valence-electron chi connectivity index (χ2n) is 9.08. The van der Waals surface area contributed by atoms with Crippen molar-refractivity contribution in [3.05, 3.63) is 65.7 Å². The molecule has 0 saturated carbocycles. The molecule has 33 heavy (non-hydrogen) atoms. The summed E-state index contributed by atoms with van der Waals surface area (Å²) in [7, 11) is 0. The van der Waals surface area contributed by atoms with Crippen LogP contribution in [-0.2, 0) is 17.8 Å². The molecule has 2 N–H and O–H groups in total. The van der Waals surface area contributed by atoms with E-state index in [-0.39, 0.29) is 5.91 Å². The summed E-state index contributed by atoms with van der Waals surface area (Å²) in [5.74, 6) is 1.76. The Labute approximate surface area is 198 Å². The number of aliphatic imine (C=N–C) groups is 1. The number of anilines is 1. The predicted molar refractivity (Wildman–Crippen MR) is 136 cm³/mol. The van der Waals surface area contributed by atoms with Crippen LogP contribution < -0.4 is 15.5 Å². The lowest BCUT2D eigenvalue weighted by atomic mass is 10.1. The van der Waals surface area contributed by atoms with Crippen LogP contribution in [0.4, 0.5) is 5.69 Å². The summed E-state index contributed by atoms with van der Waals surface area (Å²) >= 11 is 0. The molecule has 176 valence electrons. The molecule has 2 aliphatic rings. The molecule has 1 atom stereocenters. The molecule has 0 aromatic heterocycles. The Morgan fingerprint density at radius 3 is 2.58 bits per heavy atom. The Kier molecular flexibility index (Phi) is 8.36. The lowest BCUT2D eigenvalue weighted by molar-refractivity contribution is -0.117. The summed E-state index contributed by atoms with van der Waals surface area (Å²) < 4.78 is 0. The van der Waals surface area contributed by atoms with E-state index in [1.54, 1.807) is 0 Å². The first-order chi connectivity index (χ1) is 16.2. The zero-order valence-electron chi connectivity index (χ0n) is 19.8. The van der Waals surface area contributed by atoms with Gasteiger partial charge in [0.1, 0.15) is 0 Å². The highest BCUT2D eigenvalue weighted by Gasteiger charge is 2.22. The van der Waals surface area contributed by atoms with E-state index in [4.69, 9.17) is 4.99 Å². The van der Waals surface area contributed by atoms with Gasteiger partial charge in [-0.15, -0.1) is 0 Å². The van der Waals surface area contributed by atoms with E-state index >= 15 is 0 Å². The molecular weight excluding hydrogens is 410 g/mol. The average molecular weight is 448 g/mol. The van der Waals surface area contributed by atoms with Crippen LogP contribution in [0.5, 0.6) is 0 Å². The molecule has 4 rings (SSSR count). The predicted octanol–water partition coefficient (Wildman–Crippen LogP) is 3.43. The van der Waals surface area contributed by atoms with E-state index in [0.29, 0.717) is 18.9 Å². The van der Waals surface area contributed by atoms with Crippen molar-refractivity contribution in [2.24, 2.45) is 10.9 Å². The number of nitrogens with zero attached hydrogens (tertiary/aromatic N) is 3. The zero-order valence-corrected chi connectivity index (χ0v) is 19.8. The molecule has 0 radical (unpaired) electrons. The maximum atomic E-state index is 11.9. The van der Waals surface area contributed by atoms with Crippen LogP contribution >= 0.6 is 0 Å². The topological polar surface area (TPSA) is 60.0 Å². The molecule has 0 bridgehead atoms. The van der Waals surface area contributed by atoms with Crippen LogP contribution in [0.2, 0.25) is 0 Å². The van der Waals surface area contributed by atoms with Crippen molar-refractivity contribution in [3.8, 4) is 0 Å². The SMILES string of the molecule is CCNC(=NCc1ccc(N2CCCC2=O)cc1)NCC1CCN(CCc2ccccc2)C1. The third-order valence-electron chi connectivity index (χ3n) is 6.57. The first kappa shape index (κ1) is 23.3. The first-order valence-electron chi connectivity index (χ1n) is 12.4. The van der Waals surface area contributed by atoms with Crippen LogP contribution in [0.3, 0.4) is 0 Å². The molecular formula is C27H37N5O. The van der Waals surface area contributed by atoms with E-state index < -0.39 is 0 Å². The smallest absolute Gasteiger partial charge is 0.227 e. The highest BCUT2D eigenvalue weighted by molar-refractivity contribution is 5.95. The number of rotatable bonds is 9. The number of guanidine groups is 1. The lowest BCUT2D eigenvalue weighted by Gasteiger charge is -2.18. The van der Waals surface area contributed by atoms with Gasteiger partial charge in [0.25, 0.3) is 0 Å². The van der Waals surface area contributed by atoms with Crippen LogP contribution in [0, 0.1) is 5.92 Å². The Morgan fingerprint density at radius 1 is 1.03 bits per heavy atom. The standard InChI is InChI=1S/C27H37N5O/c1-2-28-27(29-19-23-10-12-25(13-11-23)32-16-6-9-26(32)33)30-20-24-15-18-31(21-24)17-14-22-7-4-3-5-8-22/h3-5,7-8,10-13,24H,2,6,9,14-21H2,1H3,(H2,28,29,30). The fraction of sp³-hybridized carbons (Fsp3) is 0.481. The van der Waals surface area contributed by atoms with Crippen molar-refractivity contribution in [2.45, 2.75) is 39.2 Å². The lowest BCUT2D eigenvalue weighted by Crippen LogP contribution is -2.40. The third kappa shape index (κ3) is 6.81. The van der Waals surface area contributed by atoms with E-state index in [1.807, 2.05) is 17.0 Å². The van der Waals surface area contributed by atoms with Gasteiger partial charge in [-0.3, -0.25) is 4.79 Å². The van der Waals surface area contributed by atoms with Gasteiger partial charge in [-0.2, -0.15) is 0 Å². The number of likely N-dealkylation sites (tertiary alicyclic amines) is 1. The van der Waals surface area contributed by atoms with E-state index in [1.165, 1.54) is 18.5 Å². The molecule has 2 aliphatic heterocycles. The maximum Gasteiger partial charge on any atom is 0.227 e. The number of carbonyl (C=O) groups is 1. The Hall–Kier alpha value is -2.86. The van der Waals surface area contributed by atoms with Crippen molar-refractivity contribution in [1.29, 1.82) is 0 Å². The van der Waals surface area contributed by atoms with Gasteiger partial charge in [-0.25, -0.2) is 4.99 Å². The van der Waals surface area contributed by atoms with Gasteiger partial charge >= 0.3 is 0 Å². The van der Waals surface area contributed by atoms with Gasteiger partial charge in [-0.1, -0.05) is 42.5 Å². The van der Waals surface area contributed by atoms with Crippen LogP contribution in [0.15, 0.2) is 59.6 Å². The highest BCUT2D eigenvalue weighted by atomic mass is 16.2. The molecule has 2 heterocycles. The summed E-state index contributed by atoms with van der Waals surface area (Å²) in [6.07, 6.45) is 3.97. The average Bonchev–Trinajstić information content (AvgIpc) is 3.49. The van der Waals surface area contributed by atoms with Crippen molar-refractivity contribution in [1.82, 2.24) is 15.5 Å². The molecule has 1 unspecified atom stereocenters. The fourth-order valence-corrected chi connectivity index (χ4v) is 4.67. The molecule has 1 amide bonds. The summed E-state index contributed by atoms with van der Waals surface area (Å²) in [5, 5.41) is 6.92. The Morgan fingerprint density at radius 2 is 1.85 bits per heavy atom. The van der Waals surface area contributed by atoms with Gasteiger partial charge in [0.15, 0.2) is 5.96 Å². The fourth-order valence-electron chi connectivity index (χ4n) is 4.67. The second-order valence-corrected chi connectivity index (χ2v) is 9.08. The molecule has 0 spiro atoms. The summed E-state index contributed by atoms with van der Waals surface area (Å²) in [6, 6.07) is 19.0. The largest absolute Gasteiger partial charge is 0.357 e. The van der Waals surface area contributed by atoms with Gasteiger partial charge < -0.3 is 20.4 Å². The number of hydrogen-bond acceptors (Lipinski definition) is 3. The van der Waals surface area contributed by atoms with Crippen molar-refractivity contribution in [2.75, 3.05) is 44.2 Å². The number of benzene rings is 2. The molecule has 0 aliphatic carbocycles. The van der Waals surface area contributed by atoms with Crippen LogP contribution in [0.25, 0.3) is 0 Å². The Balaban J connectivity index is 1.22. The van der Waals surface area contributed by atoms with Gasteiger partial charge in [-0.05, 0) is 61.9 Å². The van der Waals surface area contributed by atoms with Gasteiger partial charge in [0.2, 0.25) is 5.91 Å². The molecule has 2 aromatic carbocycles. The van der Waals surface area contributed by atoms with Gasteiger partial charge in [0, 0.05) is 44.8 Å². The second kappa shape index (κ2) is 11.8. The molecule has 6 heteroatoms. The summed E-state index contributed by atoms with van der Waals surface area (Å²) in [6.45, 7) is 8.80.